The second-order valence-electron chi connectivity index (χ2n) is 8.92. The smallest absolute Gasteiger partial charge is 0.249 e. The summed E-state index contributed by atoms with van der Waals surface area (Å²) in [6.45, 7) is 3.87. The average molecular weight is 490 g/mol. The minimum absolute atomic E-state index is 0.0391. The number of rotatable bonds is 7. The highest BCUT2D eigenvalue weighted by atomic mass is 35.5. The number of likely N-dealkylation sites (N-methyl/N-ethyl adjacent to an activating group) is 1. The van der Waals surface area contributed by atoms with Gasteiger partial charge in [0, 0.05) is 36.3 Å². The summed E-state index contributed by atoms with van der Waals surface area (Å²) in [6.07, 6.45) is 0.282. The van der Waals surface area contributed by atoms with E-state index in [9.17, 15) is 14.4 Å². The van der Waals surface area contributed by atoms with Crippen molar-refractivity contribution in [2.45, 2.75) is 38.6 Å². The largest absolute Gasteiger partial charge is 0.344 e. The zero-order valence-electron chi connectivity index (χ0n) is 20.0. The van der Waals surface area contributed by atoms with Gasteiger partial charge in [0.1, 0.15) is 6.04 Å². The molecule has 0 aromatic heterocycles. The van der Waals surface area contributed by atoms with Crippen LogP contribution in [0.1, 0.15) is 34.6 Å². The van der Waals surface area contributed by atoms with Crippen LogP contribution in [0.4, 0.5) is 11.4 Å². The number of carbonyl (C=O) groups is 3. The number of hydrogen-bond donors (Lipinski definition) is 2. The van der Waals surface area contributed by atoms with Crippen molar-refractivity contribution in [2.24, 2.45) is 0 Å². The zero-order valence-corrected chi connectivity index (χ0v) is 20.7. The van der Waals surface area contributed by atoms with E-state index in [0.717, 1.165) is 27.9 Å². The number of nitrogens with one attached hydrogen (secondary N) is 2. The highest BCUT2D eigenvalue weighted by Gasteiger charge is 2.35. The van der Waals surface area contributed by atoms with Crippen molar-refractivity contribution >= 4 is 40.7 Å². The quantitative estimate of drug-likeness (QED) is 0.501. The van der Waals surface area contributed by atoms with Gasteiger partial charge >= 0.3 is 0 Å². The number of benzene rings is 3. The Morgan fingerprint density at radius 2 is 1.74 bits per heavy atom. The van der Waals surface area contributed by atoms with Crippen LogP contribution in [0, 0.1) is 13.8 Å². The standard InChI is InChI=1S/C28H28ClN3O3/c1-17-12-13-18(2)26-25(17)22(27(34)31-26)16-24(33)30-23(14-19-8-5-4-6-9-19)28(35)32(3)21-11-7-10-20(29)15-21/h4-13,15,22-23H,14,16H2,1-3H3,(H,30,33)(H,31,34)/t22?,23-/m0/s1. The monoisotopic (exact) mass is 489 g/mol. The molecule has 0 bridgehead atoms. The second-order valence-corrected chi connectivity index (χ2v) is 9.36. The summed E-state index contributed by atoms with van der Waals surface area (Å²) in [6, 6.07) is 19.6. The number of hydrogen-bond acceptors (Lipinski definition) is 3. The molecule has 1 unspecified atom stereocenters. The molecule has 3 amide bonds. The van der Waals surface area contributed by atoms with Crippen molar-refractivity contribution < 1.29 is 14.4 Å². The van der Waals surface area contributed by atoms with Gasteiger partial charge in [-0.15, -0.1) is 0 Å². The minimum Gasteiger partial charge on any atom is -0.344 e. The van der Waals surface area contributed by atoms with Crippen LogP contribution >= 0.6 is 11.6 Å². The Morgan fingerprint density at radius 1 is 1.03 bits per heavy atom. The van der Waals surface area contributed by atoms with Gasteiger partial charge in [-0.3, -0.25) is 14.4 Å². The number of amides is 3. The molecule has 0 saturated carbocycles. The molecular formula is C28H28ClN3O3. The molecule has 7 heteroatoms. The van der Waals surface area contributed by atoms with E-state index in [0.29, 0.717) is 17.1 Å². The normalized spacial score (nSPS) is 15.2. The van der Waals surface area contributed by atoms with Crippen LogP contribution in [0.15, 0.2) is 66.7 Å². The maximum Gasteiger partial charge on any atom is 0.249 e. The molecule has 3 aromatic rings. The lowest BCUT2D eigenvalue weighted by Gasteiger charge is -2.25. The Kier molecular flexibility index (Phi) is 7.22. The van der Waals surface area contributed by atoms with Gasteiger partial charge in [0.25, 0.3) is 0 Å². The zero-order chi connectivity index (χ0) is 25.1. The Bertz CT molecular complexity index is 1280. The molecule has 4 rings (SSSR count). The molecule has 0 fully saturated rings. The molecule has 0 saturated heterocycles. The molecule has 0 aliphatic carbocycles. The van der Waals surface area contributed by atoms with E-state index in [2.05, 4.69) is 10.6 Å². The predicted molar refractivity (Wildman–Crippen MR) is 139 cm³/mol. The predicted octanol–water partition coefficient (Wildman–Crippen LogP) is 4.77. The molecule has 1 aliphatic heterocycles. The summed E-state index contributed by atoms with van der Waals surface area (Å²) in [5, 5.41) is 6.33. The summed E-state index contributed by atoms with van der Waals surface area (Å²) < 4.78 is 0. The van der Waals surface area contributed by atoms with Gasteiger partial charge in [-0.05, 0) is 54.3 Å². The fourth-order valence-electron chi connectivity index (χ4n) is 4.52. The lowest BCUT2D eigenvalue weighted by Crippen LogP contribution is -2.49. The van der Waals surface area contributed by atoms with Crippen molar-refractivity contribution in [3.05, 3.63) is 94.0 Å². The van der Waals surface area contributed by atoms with Gasteiger partial charge in [0.15, 0.2) is 0 Å². The summed E-state index contributed by atoms with van der Waals surface area (Å²) in [7, 11) is 1.66. The molecule has 2 N–H and O–H groups in total. The maximum atomic E-state index is 13.5. The van der Waals surface area contributed by atoms with Gasteiger partial charge < -0.3 is 15.5 Å². The second kappa shape index (κ2) is 10.3. The van der Waals surface area contributed by atoms with E-state index >= 15 is 0 Å². The van der Waals surface area contributed by atoms with E-state index in [1.807, 2.05) is 56.3 Å². The number of nitrogens with zero attached hydrogens (tertiary/aromatic N) is 1. The average Bonchev–Trinajstić information content (AvgIpc) is 3.17. The fourth-order valence-corrected chi connectivity index (χ4v) is 4.70. The van der Waals surface area contributed by atoms with Crippen LogP contribution in [-0.4, -0.2) is 30.8 Å². The summed E-state index contributed by atoms with van der Waals surface area (Å²) >= 11 is 6.12. The highest BCUT2D eigenvalue weighted by molar-refractivity contribution is 6.31. The fraction of sp³-hybridized carbons (Fsp3) is 0.250. The topological polar surface area (TPSA) is 78.5 Å². The number of aryl methyl sites for hydroxylation is 2. The molecule has 3 aromatic carbocycles. The van der Waals surface area contributed by atoms with E-state index < -0.39 is 12.0 Å². The van der Waals surface area contributed by atoms with Crippen molar-refractivity contribution in [3.63, 3.8) is 0 Å². The first-order valence-corrected chi connectivity index (χ1v) is 11.9. The first kappa shape index (κ1) is 24.5. The van der Waals surface area contributed by atoms with E-state index in [4.69, 9.17) is 11.6 Å². The third-order valence-electron chi connectivity index (χ3n) is 6.42. The molecule has 0 spiro atoms. The number of halogens is 1. The number of fused-ring (bicyclic) bond motifs is 1. The number of anilines is 2. The van der Waals surface area contributed by atoms with Crippen LogP contribution in [0.25, 0.3) is 0 Å². The van der Waals surface area contributed by atoms with Crippen molar-refractivity contribution in [1.82, 2.24) is 5.32 Å². The van der Waals surface area contributed by atoms with Crippen molar-refractivity contribution in [2.75, 3.05) is 17.3 Å². The van der Waals surface area contributed by atoms with Crippen molar-refractivity contribution in [3.8, 4) is 0 Å². The van der Waals surface area contributed by atoms with E-state index in [1.54, 1.807) is 31.3 Å². The lowest BCUT2D eigenvalue weighted by atomic mass is 9.91. The van der Waals surface area contributed by atoms with E-state index in [1.165, 1.54) is 4.90 Å². The van der Waals surface area contributed by atoms with Crippen molar-refractivity contribution in [1.29, 1.82) is 0 Å². The molecule has 35 heavy (non-hydrogen) atoms. The van der Waals surface area contributed by atoms with Crippen LogP contribution in [-0.2, 0) is 20.8 Å². The lowest BCUT2D eigenvalue weighted by molar-refractivity contribution is -0.128. The highest BCUT2D eigenvalue weighted by Crippen LogP contribution is 2.39. The Hall–Kier alpha value is -3.64. The van der Waals surface area contributed by atoms with Crippen LogP contribution in [0.2, 0.25) is 5.02 Å². The molecule has 1 heterocycles. The third kappa shape index (κ3) is 5.38. The van der Waals surface area contributed by atoms with Crippen LogP contribution in [0.5, 0.6) is 0 Å². The molecule has 180 valence electrons. The van der Waals surface area contributed by atoms with Gasteiger partial charge in [-0.25, -0.2) is 0 Å². The maximum absolute atomic E-state index is 13.5. The SMILES string of the molecule is Cc1ccc(C)c2c1NC(=O)C2CC(=O)N[C@@H](Cc1ccccc1)C(=O)N(C)c1cccc(Cl)c1. The first-order chi connectivity index (χ1) is 16.7. The van der Waals surface area contributed by atoms with Crippen LogP contribution < -0.4 is 15.5 Å². The minimum atomic E-state index is -0.809. The number of carbonyl (C=O) groups excluding carboxylic acids is 3. The molecule has 1 aliphatic rings. The van der Waals surface area contributed by atoms with Gasteiger partial charge in [0.05, 0.1) is 5.92 Å². The molecule has 2 atom stereocenters. The van der Waals surface area contributed by atoms with Gasteiger partial charge in [-0.2, -0.15) is 0 Å². The first-order valence-electron chi connectivity index (χ1n) is 11.5. The Balaban J connectivity index is 1.56. The Morgan fingerprint density at radius 3 is 2.46 bits per heavy atom. The van der Waals surface area contributed by atoms with E-state index in [-0.39, 0.29) is 24.1 Å². The van der Waals surface area contributed by atoms with Gasteiger partial charge in [-0.1, -0.05) is 60.1 Å². The van der Waals surface area contributed by atoms with Gasteiger partial charge in [0.2, 0.25) is 17.7 Å². The van der Waals surface area contributed by atoms with Crippen LogP contribution in [0.3, 0.4) is 0 Å². The summed E-state index contributed by atoms with van der Waals surface area (Å²) in [4.78, 5) is 40.9. The third-order valence-corrected chi connectivity index (χ3v) is 6.65. The molecular weight excluding hydrogens is 462 g/mol. The molecule has 0 radical (unpaired) electrons. The summed E-state index contributed by atoms with van der Waals surface area (Å²) in [5.74, 6) is -1.42. The summed E-state index contributed by atoms with van der Waals surface area (Å²) in [5.41, 5.74) is 5.10. The molecule has 6 nitrogen and oxygen atoms in total. The Labute approximate surface area is 210 Å².